The molecule has 1 amide bonds. The highest BCUT2D eigenvalue weighted by atomic mass is 31.2. The number of aliphatic hydroxyl groups excluding tert-OH is 7. The summed E-state index contributed by atoms with van der Waals surface area (Å²) in [6.45, 7) is 3.75. The molecule has 8 unspecified atom stereocenters. The van der Waals surface area contributed by atoms with Gasteiger partial charge < -0.3 is 46.0 Å². The summed E-state index contributed by atoms with van der Waals surface area (Å²) in [7, 11) is -5.16. The van der Waals surface area contributed by atoms with Crippen LogP contribution in [0.4, 0.5) is 0 Å². The lowest BCUT2D eigenvalue weighted by Crippen LogP contribution is -2.64. The van der Waals surface area contributed by atoms with Crippen LogP contribution in [0.15, 0.2) is 36.5 Å². The number of nitrogens with one attached hydrogen (secondary N) is 1. The van der Waals surface area contributed by atoms with Crippen molar-refractivity contribution in [3.8, 4) is 0 Å². The Balaban J connectivity index is 2.47. The molecule has 0 heterocycles. The van der Waals surface area contributed by atoms with Gasteiger partial charge in [0.2, 0.25) is 5.91 Å². The Morgan fingerprint density at radius 2 is 0.881 bits per heavy atom. The summed E-state index contributed by atoms with van der Waals surface area (Å²) in [6, 6.07) is -1.26. The Bertz CT molecular complexity index is 1290. The van der Waals surface area contributed by atoms with E-state index in [9.17, 15) is 50.0 Å². The first-order chi connectivity index (χ1) is 32.3. The molecule has 1 aliphatic rings. The third-order valence-corrected chi connectivity index (χ3v) is 13.9. The molecule has 1 aliphatic carbocycles. The van der Waals surface area contributed by atoms with Gasteiger partial charge in [-0.2, -0.15) is 0 Å². The van der Waals surface area contributed by atoms with Gasteiger partial charge in [0.05, 0.1) is 31.3 Å². The molecule has 14 heteroatoms. The molecule has 0 spiro atoms. The van der Waals surface area contributed by atoms with Gasteiger partial charge in [0.1, 0.15) is 36.6 Å². The van der Waals surface area contributed by atoms with Gasteiger partial charge >= 0.3 is 7.82 Å². The number of unbranched alkanes of at least 4 members (excludes halogenated alkanes) is 28. The largest absolute Gasteiger partial charge is 0.472 e. The van der Waals surface area contributed by atoms with E-state index < -0.39 is 75.2 Å². The summed E-state index contributed by atoms with van der Waals surface area (Å²) in [5.41, 5.74) is 0. The second-order valence-electron chi connectivity index (χ2n) is 19.3. The van der Waals surface area contributed by atoms with Crippen LogP contribution >= 0.6 is 7.82 Å². The van der Waals surface area contributed by atoms with Gasteiger partial charge in [0.25, 0.3) is 0 Å². The molecule has 0 aromatic carbocycles. The van der Waals surface area contributed by atoms with Crippen LogP contribution in [0.3, 0.4) is 0 Å². The monoisotopic (exact) mass is 974 g/mol. The van der Waals surface area contributed by atoms with Crippen LogP contribution in [0, 0.1) is 0 Å². The van der Waals surface area contributed by atoms with Crippen LogP contribution < -0.4 is 5.32 Å². The molecule has 8 atom stereocenters. The summed E-state index contributed by atoms with van der Waals surface area (Å²) in [5, 5.41) is 74.7. The molecule has 0 aliphatic heterocycles. The average Bonchev–Trinajstić information content (AvgIpc) is 3.30. The van der Waals surface area contributed by atoms with E-state index in [4.69, 9.17) is 9.05 Å². The number of phosphoric acid groups is 1. The van der Waals surface area contributed by atoms with Crippen molar-refractivity contribution in [1.82, 2.24) is 5.32 Å². The Labute approximate surface area is 406 Å². The van der Waals surface area contributed by atoms with Crippen molar-refractivity contribution in [2.24, 2.45) is 0 Å². The molecule has 67 heavy (non-hydrogen) atoms. The molecular weight excluding hydrogens is 874 g/mol. The molecular formula is C53H100NO12P. The minimum atomic E-state index is -5.16. The number of hydrogen-bond acceptors (Lipinski definition) is 11. The van der Waals surface area contributed by atoms with Gasteiger partial charge in [-0.1, -0.05) is 217 Å². The van der Waals surface area contributed by atoms with Gasteiger partial charge in [-0.3, -0.25) is 13.8 Å². The number of hydrogen-bond donors (Lipinski definition) is 9. The number of amides is 1. The van der Waals surface area contributed by atoms with Crippen LogP contribution in [0.25, 0.3) is 0 Å². The maximum absolute atomic E-state index is 13.1. The summed E-state index contributed by atoms with van der Waals surface area (Å²) >= 11 is 0. The molecule has 0 aromatic heterocycles. The molecule has 1 fully saturated rings. The van der Waals surface area contributed by atoms with Crippen molar-refractivity contribution in [3.63, 3.8) is 0 Å². The average molecular weight is 974 g/mol. The lowest BCUT2D eigenvalue weighted by atomic mass is 9.85. The van der Waals surface area contributed by atoms with Gasteiger partial charge in [-0.15, -0.1) is 0 Å². The van der Waals surface area contributed by atoms with E-state index in [1.54, 1.807) is 6.08 Å². The number of carbonyl (C=O) groups is 1. The summed E-state index contributed by atoms with van der Waals surface area (Å²) in [4.78, 5) is 23.5. The van der Waals surface area contributed by atoms with Crippen molar-refractivity contribution < 1.29 is 59.0 Å². The highest BCUT2D eigenvalue weighted by Gasteiger charge is 2.51. The molecule has 1 saturated carbocycles. The molecule has 1 rings (SSSR count). The van der Waals surface area contributed by atoms with Crippen molar-refractivity contribution in [1.29, 1.82) is 0 Å². The van der Waals surface area contributed by atoms with Gasteiger partial charge in [-0.25, -0.2) is 4.57 Å². The van der Waals surface area contributed by atoms with Crippen molar-refractivity contribution >= 4 is 13.7 Å². The van der Waals surface area contributed by atoms with Crippen LogP contribution in [0.5, 0.6) is 0 Å². The van der Waals surface area contributed by atoms with Gasteiger partial charge in [-0.05, 0) is 44.9 Å². The zero-order chi connectivity index (χ0) is 49.4. The normalized spacial score (nSPS) is 22.5. The fourth-order valence-electron chi connectivity index (χ4n) is 8.57. The SMILES string of the molecule is CCCCCCCCC/C=C/CC/C=C/CC/C=C/C(O)C(COP(=O)(O)OC1C(O)C(O)C(O)C(O)C1O)NC(=O)CC(O)CCCCCCCCCCCCCCCCCCCCCC. The number of aliphatic hydroxyl groups is 7. The Kier molecular flexibility index (Phi) is 40.0. The second kappa shape index (κ2) is 42.2. The van der Waals surface area contributed by atoms with Crippen LogP contribution in [0.1, 0.15) is 232 Å². The summed E-state index contributed by atoms with van der Waals surface area (Å²) < 4.78 is 22.9. The van der Waals surface area contributed by atoms with Crippen molar-refractivity contribution in [2.45, 2.75) is 287 Å². The quantitative estimate of drug-likeness (QED) is 0.0158. The number of allylic oxidation sites excluding steroid dienone is 5. The topological polar surface area (TPSA) is 226 Å². The number of phosphoric ester groups is 1. The third-order valence-electron chi connectivity index (χ3n) is 13.0. The van der Waals surface area contributed by atoms with E-state index >= 15 is 0 Å². The molecule has 0 radical (unpaired) electrons. The standard InChI is InChI=1S/C53H100NO12P/c1-3-5-7-9-11-13-15-17-19-21-22-23-25-26-28-30-32-34-36-38-40-44(55)42-47(57)54-45(43-65-67(63,64)66-53-51(61)49(59)48(58)50(60)52(53)62)46(56)41-39-37-35-33-31-29-27-24-20-18-16-14-12-10-8-6-4-2/h20,24,31,33,39,41,44-46,48-53,55-56,58-62H,3-19,21-23,25-30,32,34-38,40,42-43H2,1-2H3,(H,54,57)(H,63,64)/b24-20+,33-31+,41-39+. The predicted octanol–water partition coefficient (Wildman–Crippen LogP) is 10.5. The van der Waals surface area contributed by atoms with Crippen LogP contribution in [-0.2, 0) is 18.4 Å². The maximum Gasteiger partial charge on any atom is 0.472 e. The second-order valence-corrected chi connectivity index (χ2v) is 20.7. The van der Waals surface area contributed by atoms with Gasteiger partial charge in [0, 0.05) is 0 Å². The number of rotatable bonds is 45. The smallest absolute Gasteiger partial charge is 0.393 e. The van der Waals surface area contributed by atoms with Crippen LogP contribution in [0.2, 0.25) is 0 Å². The summed E-state index contributed by atoms with van der Waals surface area (Å²) in [6.07, 6.45) is 36.6. The van der Waals surface area contributed by atoms with Crippen molar-refractivity contribution in [2.75, 3.05) is 6.61 Å². The first kappa shape index (κ1) is 63.5. The van der Waals surface area contributed by atoms with Crippen molar-refractivity contribution in [3.05, 3.63) is 36.5 Å². The Morgan fingerprint density at radius 3 is 1.31 bits per heavy atom. The van der Waals surface area contributed by atoms with Crippen LogP contribution in [-0.4, -0.2) is 108 Å². The minimum Gasteiger partial charge on any atom is -0.393 e. The third kappa shape index (κ3) is 33.7. The lowest BCUT2D eigenvalue weighted by molar-refractivity contribution is -0.220. The lowest BCUT2D eigenvalue weighted by Gasteiger charge is -2.41. The first-order valence-corrected chi connectivity index (χ1v) is 28.5. The maximum atomic E-state index is 13.1. The van der Waals surface area contributed by atoms with E-state index in [0.29, 0.717) is 19.3 Å². The van der Waals surface area contributed by atoms with E-state index in [0.717, 1.165) is 44.9 Å². The fraction of sp³-hybridized carbons (Fsp3) is 0.868. The molecule has 9 N–H and O–H groups in total. The highest BCUT2D eigenvalue weighted by Crippen LogP contribution is 2.47. The molecule has 394 valence electrons. The zero-order valence-corrected chi connectivity index (χ0v) is 43.0. The van der Waals surface area contributed by atoms with E-state index in [1.807, 2.05) is 0 Å². The first-order valence-electron chi connectivity index (χ1n) is 27.0. The zero-order valence-electron chi connectivity index (χ0n) is 42.1. The predicted molar refractivity (Wildman–Crippen MR) is 270 cm³/mol. The van der Waals surface area contributed by atoms with E-state index in [1.165, 1.54) is 154 Å². The fourth-order valence-corrected chi connectivity index (χ4v) is 9.54. The Morgan fingerprint density at radius 1 is 0.522 bits per heavy atom. The highest BCUT2D eigenvalue weighted by molar-refractivity contribution is 7.47. The Hall–Kier alpha value is -1.48. The molecule has 0 aromatic rings. The molecule has 0 saturated heterocycles. The summed E-state index contributed by atoms with van der Waals surface area (Å²) in [5.74, 6) is -0.604. The van der Waals surface area contributed by atoms with E-state index in [2.05, 4.69) is 43.5 Å². The number of carbonyl (C=O) groups excluding carboxylic acids is 1. The van der Waals surface area contributed by atoms with E-state index in [-0.39, 0.29) is 6.42 Å². The molecule has 0 bridgehead atoms. The van der Waals surface area contributed by atoms with Gasteiger partial charge in [0.15, 0.2) is 0 Å². The molecule has 13 nitrogen and oxygen atoms in total. The minimum absolute atomic E-state index is 0.253.